The number of hydrogen-bond acceptors (Lipinski definition) is 2. The van der Waals surface area contributed by atoms with Crippen molar-refractivity contribution in [2.24, 2.45) is 0 Å². The third kappa shape index (κ3) is 1.32. The van der Waals surface area contributed by atoms with Crippen molar-refractivity contribution in [2.45, 2.75) is 26.2 Å². The van der Waals surface area contributed by atoms with Crippen LogP contribution < -0.4 is 0 Å². The standard InChI is InChI=1S/C11H12O2/c1-7-5-8(12)6-10-9(7)3-2-4-11(10)13/h5-6,12H,2-4H2,1H3. The van der Waals surface area contributed by atoms with Crippen LogP contribution in [0.3, 0.4) is 0 Å². The van der Waals surface area contributed by atoms with Crippen LogP contribution in [-0.4, -0.2) is 10.9 Å². The van der Waals surface area contributed by atoms with Crippen LogP contribution >= 0.6 is 0 Å². The normalized spacial score (nSPS) is 15.6. The second-order valence-electron chi connectivity index (χ2n) is 3.57. The summed E-state index contributed by atoms with van der Waals surface area (Å²) in [6.45, 7) is 1.94. The van der Waals surface area contributed by atoms with Gasteiger partial charge in [-0.2, -0.15) is 0 Å². The molecule has 0 fully saturated rings. The predicted molar refractivity (Wildman–Crippen MR) is 50.1 cm³/mol. The zero-order valence-electron chi connectivity index (χ0n) is 7.63. The number of hydrogen-bond donors (Lipinski definition) is 1. The lowest BCUT2D eigenvalue weighted by Gasteiger charge is -2.16. The molecule has 0 unspecified atom stereocenters. The quantitative estimate of drug-likeness (QED) is 0.658. The molecule has 1 aliphatic rings. The van der Waals surface area contributed by atoms with Crippen LogP contribution in [0.25, 0.3) is 0 Å². The average Bonchev–Trinajstić information content (AvgIpc) is 2.07. The lowest BCUT2D eigenvalue weighted by molar-refractivity contribution is 0.0972. The van der Waals surface area contributed by atoms with Crippen molar-refractivity contribution in [3.05, 3.63) is 28.8 Å². The summed E-state index contributed by atoms with van der Waals surface area (Å²) in [7, 11) is 0. The molecule has 0 radical (unpaired) electrons. The van der Waals surface area contributed by atoms with Crippen LogP contribution in [-0.2, 0) is 6.42 Å². The fourth-order valence-electron chi connectivity index (χ4n) is 1.94. The number of carbonyl (C=O) groups is 1. The molecular weight excluding hydrogens is 164 g/mol. The number of ketones is 1. The van der Waals surface area contributed by atoms with Gasteiger partial charge in [-0.1, -0.05) is 0 Å². The Bertz CT molecular complexity index is 367. The van der Waals surface area contributed by atoms with E-state index in [4.69, 9.17) is 0 Å². The maximum Gasteiger partial charge on any atom is 0.163 e. The average molecular weight is 176 g/mol. The van der Waals surface area contributed by atoms with E-state index in [0.29, 0.717) is 6.42 Å². The topological polar surface area (TPSA) is 37.3 Å². The monoisotopic (exact) mass is 176 g/mol. The number of benzene rings is 1. The van der Waals surface area contributed by atoms with Gasteiger partial charge in [0.1, 0.15) is 5.75 Å². The van der Waals surface area contributed by atoms with E-state index in [2.05, 4.69) is 0 Å². The van der Waals surface area contributed by atoms with Gasteiger partial charge in [-0.25, -0.2) is 0 Å². The number of phenols is 1. The summed E-state index contributed by atoms with van der Waals surface area (Å²) >= 11 is 0. The van der Waals surface area contributed by atoms with E-state index < -0.39 is 0 Å². The molecule has 0 atom stereocenters. The number of aryl methyl sites for hydroxylation is 1. The molecule has 2 heteroatoms. The van der Waals surface area contributed by atoms with Crippen LogP contribution in [0.1, 0.15) is 34.3 Å². The summed E-state index contributed by atoms with van der Waals surface area (Å²) in [5.74, 6) is 0.367. The van der Waals surface area contributed by atoms with E-state index >= 15 is 0 Å². The molecule has 1 N–H and O–H groups in total. The molecule has 2 nitrogen and oxygen atoms in total. The molecule has 13 heavy (non-hydrogen) atoms. The van der Waals surface area contributed by atoms with Gasteiger partial charge in [-0.3, -0.25) is 4.79 Å². The van der Waals surface area contributed by atoms with Crippen LogP contribution in [0, 0.1) is 6.92 Å². The van der Waals surface area contributed by atoms with Gasteiger partial charge < -0.3 is 5.11 Å². The van der Waals surface area contributed by atoms with Crippen molar-refractivity contribution in [2.75, 3.05) is 0 Å². The summed E-state index contributed by atoms with van der Waals surface area (Å²) < 4.78 is 0. The molecule has 68 valence electrons. The number of carbonyl (C=O) groups excluding carboxylic acids is 1. The summed E-state index contributed by atoms with van der Waals surface area (Å²) in [6, 6.07) is 3.31. The van der Waals surface area contributed by atoms with Gasteiger partial charge >= 0.3 is 0 Å². The second kappa shape index (κ2) is 2.87. The highest BCUT2D eigenvalue weighted by Gasteiger charge is 2.19. The first-order valence-electron chi connectivity index (χ1n) is 4.54. The molecule has 0 bridgehead atoms. The zero-order chi connectivity index (χ0) is 9.42. The van der Waals surface area contributed by atoms with E-state index in [1.807, 2.05) is 6.92 Å². The molecule has 0 amide bonds. The molecule has 0 spiro atoms. The number of fused-ring (bicyclic) bond motifs is 1. The first kappa shape index (κ1) is 8.30. The summed E-state index contributed by atoms with van der Waals surface area (Å²) in [5.41, 5.74) is 2.88. The minimum Gasteiger partial charge on any atom is -0.508 e. The van der Waals surface area contributed by atoms with Gasteiger partial charge in [0.25, 0.3) is 0 Å². The van der Waals surface area contributed by atoms with Crippen LogP contribution in [0.5, 0.6) is 5.75 Å². The summed E-state index contributed by atoms with van der Waals surface area (Å²) in [5, 5.41) is 9.33. The van der Waals surface area contributed by atoms with Crippen molar-refractivity contribution in [1.82, 2.24) is 0 Å². The van der Waals surface area contributed by atoms with Gasteiger partial charge in [-0.05, 0) is 43.0 Å². The lowest BCUT2D eigenvalue weighted by Crippen LogP contribution is -2.11. The molecule has 0 aliphatic heterocycles. The smallest absolute Gasteiger partial charge is 0.163 e. The summed E-state index contributed by atoms with van der Waals surface area (Å²) in [6.07, 6.45) is 2.53. The molecular formula is C11H12O2. The fourth-order valence-corrected chi connectivity index (χ4v) is 1.94. The van der Waals surface area contributed by atoms with Gasteiger partial charge in [0.2, 0.25) is 0 Å². The van der Waals surface area contributed by atoms with Crippen molar-refractivity contribution in [1.29, 1.82) is 0 Å². The molecule has 2 rings (SSSR count). The number of rotatable bonds is 0. The highest BCUT2D eigenvalue weighted by atomic mass is 16.3. The maximum atomic E-state index is 11.5. The zero-order valence-corrected chi connectivity index (χ0v) is 7.63. The fraction of sp³-hybridized carbons (Fsp3) is 0.364. The number of phenolic OH excluding ortho intramolecular Hbond substituents is 1. The largest absolute Gasteiger partial charge is 0.508 e. The molecule has 0 heterocycles. The molecule has 1 aliphatic carbocycles. The summed E-state index contributed by atoms with van der Waals surface area (Å²) in [4.78, 5) is 11.5. The predicted octanol–water partition coefficient (Wildman–Crippen LogP) is 2.22. The van der Waals surface area contributed by atoms with Crippen molar-refractivity contribution >= 4 is 5.78 Å². The van der Waals surface area contributed by atoms with E-state index in [9.17, 15) is 9.90 Å². The second-order valence-corrected chi connectivity index (χ2v) is 3.57. The minimum absolute atomic E-state index is 0.167. The number of aromatic hydroxyl groups is 1. The van der Waals surface area contributed by atoms with Crippen molar-refractivity contribution in [3.63, 3.8) is 0 Å². The minimum atomic E-state index is 0.167. The highest BCUT2D eigenvalue weighted by molar-refractivity contribution is 5.99. The Morgan fingerprint density at radius 3 is 2.85 bits per heavy atom. The first-order chi connectivity index (χ1) is 6.18. The van der Waals surface area contributed by atoms with Crippen molar-refractivity contribution < 1.29 is 9.90 Å². The Morgan fingerprint density at radius 2 is 2.08 bits per heavy atom. The Hall–Kier alpha value is -1.31. The Balaban J connectivity index is 2.63. The van der Waals surface area contributed by atoms with Gasteiger partial charge in [0.15, 0.2) is 5.78 Å². The van der Waals surface area contributed by atoms with E-state index in [1.165, 1.54) is 0 Å². The highest BCUT2D eigenvalue weighted by Crippen LogP contribution is 2.27. The van der Waals surface area contributed by atoms with Crippen LogP contribution in [0.2, 0.25) is 0 Å². The Kier molecular flexibility index (Phi) is 1.83. The van der Waals surface area contributed by atoms with E-state index in [0.717, 1.165) is 29.5 Å². The Morgan fingerprint density at radius 1 is 1.31 bits per heavy atom. The van der Waals surface area contributed by atoms with Gasteiger partial charge in [0, 0.05) is 12.0 Å². The van der Waals surface area contributed by atoms with E-state index in [-0.39, 0.29) is 11.5 Å². The number of Topliss-reactive ketones (excluding diaryl/α,β-unsaturated/α-hetero) is 1. The van der Waals surface area contributed by atoms with Crippen LogP contribution in [0.4, 0.5) is 0 Å². The molecule has 0 saturated carbocycles. The van der Waals surface area contributed by atoms with E-state index in [1.54, 1.807) is 12.1 Å². The van der Waals surface area contributed by atoms with Gasteiger partial charge in [0.05, 0.1) is 0 Å². The third-order valence-electron chi connectivity index (χ3n) is 2.59. The lowest BCUT2D eigenvalue weighted by atomic mass is 9.87. The Labute approximate surface area is 77.2 Å². The maximum absolute atomic E-state index is 11.5. The van der Waals surface area contributed by atoms with Crippen LogP contribution in [0.15, 0.2) is 12.1 Å². The molecule has 0 saturated heterocycles. The SMILES string of the molecule is Cc1cc(O)cc2c1CCCC2=O. The van der Waals surface area contributed by atoms with Crippen molar-refractivity contribution in [3.8, 4) is 5.75 Å². The molecule has 1 aromatic carbocycles. The van der Waals surface area contributed by atoms with Gasteiger partial charge in [-0.15, -0.1) is 0 Å². The third-order valence-corrected chi connectivity index (χ3v) is 2.59. The molecule has 1 aromatic rings. The molecule has 0 aromatic heterocycles. The first-order valence-corrected chi connectivity index (χ1v) is 4.54.